The zero-order chi connectivity index (χ0) is 11.3. The van der Waals surface area contributed by atoms with Crippen molar-refractivity contribution in [2.75, 3.05) is 6.54 Å². The minimum atomic E-state index is 0.539. The first-order valence-electron chi connectivity index (χ1n) is 5.75. The van der Waals surface area contributed by atoms with Crippen LogP contribution in [0.3, 0.4) is 0 Å². The third-order valence-corrected chi connectivity index (χ3v) is 3.01. The predicted molar refractivity (Wildman–Crippen MR) is 61.6 cm³/mol. The van der Waals surface area contributed by atoms with Crippen LogP contribution in [0.15, 0.2) is 6.33 Å². The summed E-state index contributed by atoms with van der Waals surface area (Å²) in [6.45, 7) is 7.64. The largest absolute Gasteiger partial charge is 0.314 e. The molecule has 4 heteroatoms. The molecule has 0 aliphatic rings. The summed E-state index contributed by atoms with van der Waals surface area (Å²) < 4.78 is 1.86. The number of aromatic nitrogens is 3. The molecule has 2 unspecified atom stereocenters. The van der Waals surface area contributed by atoms with Crippen LogP contribution >= 0.6 is 0 Å². The zero-order valence-corrected chi connectivity index (χ0v) is 10.2. The average molecular weight is 210 g/mol. The molecule has 1 heterocycles. The quantitative estimate of drug-likeness (QED) is 0.771. The molecule has 86 valence electrons. The van der Waals surface area contributed by atoms with Crippen molar-refractivity contribution in [1.29, 1.82) is 0 Å². The summed E-state index contributed by atoms with van der Waals surface area (Å²) in [7, 11) is 1.95. The Balaban J connectivity index is 2.57. The molecular formula is C11H22N4. The molecule has 2 atom stereocenters. The summed E-state index contributed by atoms with van der Waals surface area (Å²) in [4.78, 5) is 4.27. The zero-order valence-electron chi connectivity index (χ0n) is 10.2. The van der Waals surface area contributed by atoms with Crippen molar-refractivity contribution in [2.24, 2.45) is 13.0 Å². The van der Waals surface area contributed by atoms with Gasteiger partial charge in [-0.3, -0.25) is 4.68 Å². The predicted octanol–water partition coefficient (Wildman–Crippen LogP) is 1.38. The number of nitrogens with zero attached hydrogens (tertiary/aromatic N) is 3. The van der Waals surface area contributed by atoms with Crippen LogP contribution < -0.4 is 5.32 Å². The van der Waals surface area contributed by atoms with E-state index in [9.17, 15) is 0 Å². The summed E-state index contributed by atoms with van der Waals surface area (Å²) in [5.74, 6) is 1.71. The van der Waals surface area contributed by atoms with Gasteiger partial charge in [0.25, 0.3) is 0 Å². The van der Waals surface area contributed by atoms with Gasteiger partial charge in [-0.15, -0.1) is 0 Å². The average Bonchev–Trinajstić information content (AvgIpc) is 2.61. The maximum absolute atomic E-state index is 4.27. The van der Waals surface area contributed by atoms with Gasteiger partial charge in [-0.1, -0.05) is 20.3 Å². The number of hydrogen-bond acceptors (Lipinski definition) is 3. The fraction of sp³-hybridized carbons (Fsp3) is 0.818. The normalized spacial score (nSPS) is 15.2. The molecule has 0 aliphatic heterocycles. The maximum atomic E-state index is 4.27. The van der Waals surface area contributed by atoms with Gasteiger partial charge in [0.2, 0.25) is 0 Å². The second kappa shape index (κ2) is 5.85. The van der Waals surface area contributed by atoms with Crippen LogP contribution in [-0.2, 0) is 13.5 Å². The monoisotopic (exact) mass is 210 g/mol. The van der Waals surface area contributed by atoms with Gasteiger partial charge in [-0.25, -0.2) is 4.98 Å². The van der Waals surface area contributed by atoms with Crippen LogP contribution in [-0.4, -0.2) is 27.4 Å². The van der Waals surface area contributed by atoms with Crippen LogP contribution in [0.2, 0.25) is 0 Å². The molecule has 15 heavy (non-hydrogen) atoms. The van der Waals surface area contributed by atoms with Crippen molar-refractivity contribution in [3.05, 3.63) is 12.2 Å². The summed E-state index contributed by atoms with van der Waals surface area (Å²) >= 11 is 0. The molecule has 0 saturated heterocycles. The first-order valence-corrected chi connectivity index (χ1v) is 5.75. The molecule has 0 aromatic carbocycles. The van der Waals surface area contributed by atoms with Crippen LogP contribution in [0.4, 0.5) is 0 Å². The molecular weight excluding hydrogens is 188 g/mol. The van der Waals surface area contributed by atoms with Crippen LogP contribution in [0.5, 0.6) is 0 Å². The Labute approximate surface area is 92.1 Å². The highest BCUT2D eigenvalue weighted by atomic mass is 15.3. The van der Waals surface area contributed by atoms with Crippen molar-refractivity contribution in [2.45, 2.75) is 39.7 Å². The molecule has 0 saturated carbocycles. The summed E-state index contributed by atoms with van der Waals surface area (Å²) in [6.07, 6.45) is 3.79. The second-order valence-electron chi connectivity index (χ2n) is 4.02. The van der Waals surface area contributed by atoms with Gasteiger partial charge in [0, 0.05) is 19.5 Å². The summed E-state index contributed by atoms with van der Waals surface area (Å²) in [5.41, 5.74) is 0. The molecule has 1 aromatic rings. The van der Waals surface area contributed by atoms with Gasteiger partial charge in [-0.2, -0.15) is 5.10 Å². The van der Waals surface area contributed by atoms with E-state index < -0.39 is 0 Å². The summed E-state index contributed by atoms with van der Waals surface area (Å²) in [6, 6.07) is 0.539. The Kier molecular flexibility index (Phi) is 4.75. The fourth-order valence-electron chi connectivity index (χ4n) is 1.90. The molecule has 1 aromatic heterocycles. The first-order chi connectivity index (χ1) is 7.19. The van der Waals surface area contributed by atoms with Crippen molar-refractivity contribution in [3.8, 4) is 0 Å². The molecule has 0 bridgehead atoms. The highest BCUT2D eigenvalue weighted by molar-refractivity contribution is 4.88. The lowest BCUT2D eigenvalue weighted by molar-refractivity contribution is 0.358. The van der Waals surface area contributed by atoms with E-state index in [4.69, 9.17) is 0 Å². The van der Waals surface area contributed by atoms with Gasteiger partial charge in [-0.05, 0) is 19.4 Å². The molecule has 0 aliphatic carbocycles. The van der Waals surface area contributed by atoms with Gasteiger partial charge >= 0.3 is 0 Å². The Morgan fingerprint density at radius 1 is 1.47 bits per heavy atom. The third kappa shape index (κ3) is 3.30. The number of aryl methyl sites for hydroxylation is 1. The first kappa shape index (κ1) is 12.2. The lowest BCUT2D eigenvalue weighted by Gasteiger charge is -2.22. The molecule has 0 fully saturated rings. The Hall–Kier alpha value is -0.900. The van der Waals surface area contributed by atoms with E-state index in [2.05, 4.69) is 36.2 Å². The smallest absolute Gasteiger partial charge is 0.138 e. The molecule has 1 N–H and O–H groups in total. The Morgan fingerprint density at radius 2 is 2.20 bits per heavy atom. The molecule has 1 rings (SSSR count). The van der Waals surface area contributed by atoms with Crippen molar-refractivity contribution in [3.63, 3.8) is 0 Å². The minimum absolute atomic E-state index is 0.539. The van der Waals surface area contributed by atoms with Gasteiger partial charge in [0.1, 0.15) is 12.2 Å². The van der Waals surface area contributed by atoms with E-state index >= 15 is 0 Å². The van der Waals surface area contributed by atoms with E-state index in [1.54, 1.807) is 6.33 Å². The van der Waals surface area contributed by atoms with Crippen LogP contribution in [0.1, 0.15) is 33.0 Å². The van der Waals surface area contributed by atoms with Gasteiger partial charge in [0.05, 0.1) is 0 Å². The van der Waals surface area contributed by atoms with Gasteiger partial charge < -0.3 is 5.32 Å². The van der Waals surface area contributed by atoms with Crippen molar-refractivity contribution >= 4 is 0 Å². The topological polar surface area (TPSA) is 42.7 Å². The van der Waals surface area contributed by atoms with E-state index in [-0.39, 0.29) is 0 Å². The highest BCUT2D eigenvalue weighted by Gasteiger charge is 2.17. The Morgan fingerprint density at radius 3 is 2.67 bits per heavy atom. The van der Waals surface area contributed by atoms with Crippen LogP contribution in [0.25, 0.3) is 0 Å². The SMILES string of the molecule is CCNC(C)C(CC)Cc1ncnn1C. The van der Waals surface area contributed by atoms with Crippen molar-refractivity contribution in [1.82, 2.24) is 20.1 Å². The van der Waals surface area contributed by atoms with E-state index in [1.165, 1.54) is 6.42 Å². The number of hydrogen-bond donors (Lipinski definition) is 1. The molecule has 0 amide bonds. The van der Waals surface area contributed by atoms with E-state index in [1.807, 2.05) is 11.7 Å². The molecule has 0 spiro atoms. The highest BCUT2D eigenvalue weighted by Crippen LogP contribution is 2.14. The van der Waals surface area contributed by atoms with Gasteiger partial charge in [0.15, 0.2) is 0 Å². The van der Waals surface area contributed by atoms with Crippen molar-refractivity contribution < 1.29 is 0 Å². The fourth-order valence-corrected chi connectivity index (χ4v) is 1.90. The lowest BCUT2D eigenvalue weighted by atomic mass is 9.94. The Bertz CT molecular complexity index is 282. The molecule has 0 radical (unpaired) electrons. The maximum Gasteiger partial charge on any atom is 0.138 e. The lowest BCUT2D eigenvalue weighted by Crippen LogP contribution is -2.34. The minimum Gasteiger partial charge on any atom is -0.314 e. The van der Waals surface area contributed by atoms with E-state index in [0.717, 1.165) is 18.8 Å². The molecule has 4 nitrogen and oxygen atoms in total. The van der Waals surface area contributed by atoms with E-state index in [0.29, 0.717) is 12.0 Å². The number of nitrogens with one attached hydrogen (secondary N) is 1. The standard InChI is InChI=1S/C11H22N4/c1-5-10(9(3)12-6-2)7-11-13-8-14-15(11)4/h8-10,12H,5-7H2,1-4H3. The second-order valence-corrected chi connectivity index (χ2v) is 4.02. The third-order valence-electron chi connectivity index (χ3n) is 3.01. The summed E-state index contributed by atoms with van der Waals surface area (Å²) in [5, 5.41) is 7.57. The van der Waals surface area contributed by atoms with Crippen LogP contribution in [0, 0.1) is 5.92 Å². The number of rotatable bonds is 6.